The van der Waals surface area contributed by atoms with Gasteiger partial charge in [0.1, 0.15) is 12.1 Å². The van der Waals surface area contributed by atoms with Crippen molar-refractivity contribution in [2.45, 2.75) is 45.3 Å². The summed E-state index contributed by atoms with van der Waals surface area (Å²) in [6.07, 6.45) is 0.267. The van der Waals surface area contributed by atoms with E-state index in [-0.39, 0.29) is 18.2 Å². The van der Waals surface area contributed by atoms with Gasteiger partial charge in [-0.25, -0.2) is 4.79 Å². The molecular weight excluding hydrogens is 322 g/mol. The minimum Gasteiger partial charge on any atom is -0.480 e. The fraction of sp³-hybridized carbons (Fsp3) is 0.500. The van der Waals surface area contributed by atoms with Crippen molar-refractivity contribution >= 4 is 23.5 Å². The smallest absolute Gasteiger partial charge is 0.327 e. The first-order valence-electron chi connectivity index (χ1n) is 8.39. The Balaban J connectivity index is 2.33. The van der Waals surface area contributed by atoms with Crippen LogP contribution < -0.4 is 15.5 Å². The Kier molecular flexibility index (Phi) is 5.79. The van der Waals surface area contributed by atoms with Crippen molar-refractivity contribution in [3.05, 3.63) is 29.8 Å². The van der Waals surface area contributed by atoms with E-state index >= 15 is 0 Å². The molecule has 2 amide bonds. The number of hydrogen-bond donors (Lipinski definition) is 3. The molecule has 1 aromatic carbocycles. The molecule has 2 rings (SSSR count). The van der Waals surface area contributed by atoms with Crippen molar-refractivity contribution in [3.8, 4) is 0 Å². The molecule has 3 unspecified atom stereocenters. The number of nitrogens with one attached hydrogen (secondary N) is 2. The zero-order valence-corrected chi connectivity index (χ0v) is 14.9. The molecule has 1 aromatic rings. The number of hydrogen-bond acceptors (Lipinski definition) is 4. The van der Waals surface area contributed by atoms with E-state index in [0.717, 1.165) is 5.56 Å². The van der Waals surface area contributed by atoms with Gasteiger partial charge in [0.25, 0.3) is 5.91 Å². The average molecular weight is 347 g/mol. The molecule has 0 bridgehead atoms. The maximum atomic E-state index is 13.1. The van der Waals surface area contributed by atoms with Crippen molar-refractivity contribution in [2.24, 2.45) is 5.92 Å². The Bertz CT molecular complexity index is 674. The zero-order chi connectivity index (χ0) is 18.7. The van der Waals surface area contributed by atoms with Gasteiger partial charge >= 0.3 is 5.97 Å². The number of carbonyl (C=O) groups is 3. The van der Waals surface area contributed by atoms with E-state index in [9.17, 15) is 19.5 Å². The third-order valence-corrected chi connectivity index (χ3v) is 4.56. The van der Waals surface area contributed by atoms with E-state index in [1.165, 1.54) is 4.90 Å². The first kappa shape index (κ1) is 18.9. The van der Waals surface area contributed by atoms with Gasteiger partial charge in [0.15, 0.2) is 0 Å². The Morgan fingerprint density at radius 3 is 2.40 bits per heavy atom. The largest absolute Gasteiger partial charge is 0.480 e. The van der Waals surface area contributed by atoms with E-state index in [1.807, 2.05) is 26.0 Å². The molecule has 7 heteroatoms. The first-order valence-corrected chi connectivity index (χ1v) is 8.39. The quantitative estimate of drug-likeness (QED) is 0.706. The molecule has 3 atom stereocenters. The van der Waals surface area contributed by atoms with Crippen molar-refractivity contribution in [2.75, 3.05) is 11.9 Å². The lowest BCUT2D eigenvalue weighted by Gasteiger charge is -2.30. The lowest BCUT2D eigenvalue weighted by molar-refractivity contribution is -0.140. The third kappa shape index (κ3) is 3.82. The number of aliphatic carboxylic acids is 1. The van der Waals surface area contributed by atoms with Crippen LogP contribution in [0.4, 0.5) is 5.69 Å². The summed E-state index contributed by atoms with van der Waals surface area (Å²) in [6, 6.07) is 4.96. The van der Waals surface area contributed by atoms with Gasteiger partial charge in [-0.15, -0.1) is 0 Å². The van der Waals surface area contributed by atoms with Crippen molar-refractivity contribution in [3.63, 3.8) is 0 Å². The number of carbonyl (C=O) groups excluding carboxylic acids is 2. The Morgan fingerprint density at radius 2 is 1.84 bits per heavy atom. The van der Waals surface area contributed by atoms with Crippen LogP contribution in [0.15, 0.2) is 24.3 Å². The van der Waals surface area contributed by atoms with Crippen LogP contribution in [0.1, 0.15) is 26.3 Å². The van der Waals surface area contributed by atoms with Gasteiger partial charge in [-0.05, 0) is 31.5 Å². The van der Waals surface area contributed by atoms with Gasteiger partial charge in [0, 0.05) is 12.1 Å². The average Bonchev–Trinajstić information content (AvgIpc) is 2.97. The van der Waals surface area contributed by atoms with E-state index in [1.54, 1.807) is 26.1 Å². The summed E-state index contributed by atoms with van der Waals surface area (Å²) in [5.41, 5.74) is 1.42. The van der Waals surface area contributed by atoms with Crippen molar-refractivity contribution < 1.29 is 19.5 Å². The van der Waals surface area contributed by atoms with Gasteiger partial charge in [-0.2, -0.15) is 0 Å². The molecule has 0 spiro atoms. The molecule has 136 valence electrons. The summed E-state index contributed by atoms with van der Waals surface area (Å²) in [6.45, 7) is 5.34. The number of carboxylic acid groups (broad SMARTS) is 1. The Morgan fingerprint density at radius 1 is 1.20 bits per heavy atom. The van der Waals surface area contributed by atoms with Gasteiger partial charge in [0.2, 0.25) is 5.91 Å². The highest BCUT2D eigenvalue weighted by Gasteiger charge is 2.42. The number of anilines is 1. The van der Waals surface area contributed by atoms with Crippen LogP contribution in [0.5, 0.6) is 0 Å². The fourth-order valence-electron chi connectivity index (χ4n) is 2.93. The van der Waals surface area contributed by atoms with E-state index in [4.69, 9.17) is 0 Å². The lowest BCUT2D eigenvalue weighted by Crippen LogP contribution is -2.57. The number of para-hydroxylation sites is 1. The van der Waals surface area contributed by atoms with E-state index in [0.29, 0.717) is 5.69 Å². The minimum absolute atomic E-state index is 0.178. The topological polar surface area (TPSA) is 98.7 Å². The molecule has 0 aromatic heterocycles. The van der Waals surface area contributed by atoms with Gasteiger partial charge in [-0.1, -0.05) is 32.0 Å². The number of rotatable bonds is 6. The number of amides is 2. The standard InChI is InChI=1S/C18H25N3O4/c1-10(2)15(20-16(22)11(3)19-4)17(23)21-13-8-6-5-7-12(13)9-14(21)18(24)25/h5-8,10-11,14-15,19H,9H2,1-4H3,(H,20,22)(H,24,25). The maximum Gasteiger partial charge on any atom is 0.327 e. The maximum absolute atomic E-state index is 13.1. The molecule has 3 N–H and O–H groups in total. The van der Waals surface area contributed by atoms with Crippen LogP contribution in [0.2, 0.25) is 0 Å². The van der Waals surface area contributed by atoms with Crippen LogP contribution in [-0.2, 0) is 20.8 Å². The normalized spacial score (nSPS) is 18.6. The molecule has 0 fully saturated rings. The second-order valence-electron chi connectivity index (χ2n) is 6.64. The SMILES string of the molecule is CNC(C)C(=O)NC(C(=O)N1c2ccccc2CC1C(=O)O)C(C)C. The van der Waals surface area contributed by atoms with Crippen LogP contribution >= 0.6 is 0 Å². The van der Waals surface area contributed by atoms with Crippen LogP contribution in [0, 0.1) is 5.92 Å². The Hall–Kier alpha value is -2.41. The van der Waals surface area contributed by atoms with Gasteiger partial charge < -0.3 is 15.7 Å². The predicted octanol–water partition coefficient (Wildman–Crippen LogP) is 0.778. The van der Waals surface area contributed by atoms with Gasteiger partial charge in [-0.3, -0.25) is 14.5 Å². The molecule has 25 heavy (non-hydrogen) atoms. The highest BCUT2D eigenvalue weighted by atomic mass is 16.4. The van der Waals surface area contributed by atoms with Gasteiger partial charge in [0.05, 0.1) is 6.04 Å². The molecule has 0 aliphatic carbocycles. The third-order valence-electron chi connectivity index (χ3n) is 4.56. The zero-order valence-electron chi connectivity index (χ0n) is 14.9. The summed E-state index contributed by atoms with van der Waals surface area (Å²) >= 11 is 0. The molecule has 1 aliphatic rings. The Labute approximate surface area is 147 Å². The van der Waals surface area contributed by atoms with E-state index in [2.05, 4.69) is 10.6 Å². The van der Waals surface area contributed by atoms with Crippen molar-refractivity contribution in [1.29, 1.82) is 0 Å². The summed E-state index contributed by atoms with van der Waals surface area (Å²) in [4.78, 5) is 38.3. The lowest BCUT2D eigenvalue weighted by atomic mass is 10.0. The summed E-state index contributed by atoms with van der Waals surface area (Å²) in [5.74, 6) is -1.93. The minimum atomic E-state index is -1.05. The second-order valence-corrected chi connectivity index (χ2v) is 6.64. The number of fused-ring (bicyclic) bond motifs is 1. The highest BCUT2D eigenvalue weighted by Crippen LogP contribution is 2.33. The fourth-order valence-corrected chi connectivity index (χ4v) is 2.93. The summed E-state index contributed by atoms with van der Waals surface area (Å²) < 4.78 is 0. The molecule has 0 radical (unpaired) electrons. The molecule has 7 nitrogen and oxygen atoms in total. The molecule has 1 aliphatic heterocycles. The van der Waals surface area contributed by atoms with Crippen LogP contribution in [0.3, 0.4) is 0 Å². The molecule has 1 heterocycles. The second kappa shape index (κ2) is 7.65. The van der Waals surface area contributed by atoms with Crippen LogP contribution in [0.25, 0.3) is 0 Å². The van der Waals surface area contributed by atoms with Crippen molar-refractivity contribution in [1.82, 2.24) is 10.6 Å². The number of benzene rings is 1. The number of likely N-dealkylation sites (N-methyl/N-ethyl adjacent to an activating group) is 1. The monoisotopic (exact) mass is 347 g/mol. The van der Waals surface area contributed by atoms with E-state index < -0.39 is 30.0 Å². The van der Waals surface area contributed by atoms with Crippen LogP contribution in [-0.4, -0.2) is 48.1 Å². The number of carboxylic acids is 1. The number of nitrogens with zero attached hydrogens (tertiary/aromatic N) is 1. The molecule has 0 saturated carbocycles. The predicted molar refractivity (Wildman–Crippen MR) is 94.3 cm³/mol. The molecular formula is C18H25N3O4. The molecule has 0 saturated heterocycles. The summed E-state index contributed by atoms with van der Waals surface area (Å²) in [7, 11) is 1.66. The highest BCUT2D eigenvalue weighted by molar-refractivity contribution is 6.05. The first-order chi connectivity index (χ1) is 11.8. The summed E-state index contributed by atoms with van der Waals surface area (Å²) in [5, 5.41) is 15.1.